The highest BCUT2D eigenvalue weighted by Gasteiger charge is 2.35. The van der Waals surface area contributed by atoms with E-state index in [1.54, 1.807) is 20.8 Å². The van der Waals surface area contributed by atoms with Crippen LogP contribution in [-0.4, -0.2) is 37.8 Å². The highest BCUT2D eigenvalue weighted by Crippen LogP contribution is 2.32. The van der Waals surface area contributed by atoms with Crippen molar-refractivity contribution in [2.24, 2.45) is 10.4 Å². The van der Waals surface area contributed by atoms with E-state index in [4.69, 9.17) is 11.6 Å². The number of carbonyl (C=O) groups is 1. The number of nitrogens with one attached hydrogen (secondary N) is 1. The normalized spacial score (nSPS) is 15.3. The number of amidine groups is 1. The number of allylic oxidation sites excluding steroid dienone is 2. The number of nitrogens with zero attached hydrogens (tertiary/aromatic N) is 1. The molecule has 9 heteroatoms. The van der Waals surface area contributed by atoms with E-state index in [1.807, 2.05) is 0 Å². The third-order valence-electron chi connectivity index (χ3n) is 3.24. The number of esters is 1. The molecule has 0 saturated heterocycles. The molecule has 0 heterocycles. The van der Waals surface area contributed by atoms with Crippen molar-refractivity contribution in [3.63, 3.8) is 0 Å². The van der Waals surface area contributed by atoms with Crippen LogP contribution in [0.2, 0.25) is 0 Å². The summed E-state index contributed by atoms with van der Waals surface area (Å²) < 4.78 is 56.7. The van der Waals surface area contributed by atoms with Gasteiger partial charge in [-0.25, -0.2) is 4.39 Å². The third kappa shape index (κ3) is 8.38. The Balaban J connectivity index is 5.69. The Morgan fingerprint density at radius 3 is 2.28 bits per heavy atom. The second-order valence-corrected chi connectivity index (χ2v) is 6.66. The Labute approximate surface area is 150 Å². The first-order valence-corrected chi connectivity index (χ1v) is 7.77. The van der Waals surface area contributed by atoms with Crippen LogP contribution in [0.3, 0.4) is 0 Å². The van der Waals surface area contributed by atoms with E-state index in [0.717, 1.165) is 6.08 Å². The third-order valence-corrected chi connectivity index (χ3v) is 3.56. The number of alkyl halides is 4. The van der Waals surface area contributed by atoms with Crippen molar-refractivity contribution in [3.05, 3.63) is 23.4 Å². The van der Waals surface area contributed by atoms with E-state index in [-0.39, 0.29) is 6.42 Å². The molecular weight excluding hydrogens is 364 g/mol. The molecule has 144 valence electrons. The summed E-state index contributed by atoms with van der Waals surface area (Å²) in [6.07, 6.45) is -4.35. The molecule has 0 aliphatic rings. The molecule has 0 aliphatic heterocycles. The zero-order valence-corrected chi connectivity index (χ0v) is 15.4. The molecule has 4 nitrogen and oxygen atoms in total. The maximum atomic E-state index is 13.2. The highest BCUT2D eigenvalue weighted by atomic mass is 35.5. The number of methoxy groups -OCH3 is 1. The van der Waals surface area contributed by atoms with Crippen LogP contribution >= 0.6 is 11.6 Å². The summed E-state index contributed by atoms with van der Waals surface area (Å²) >= 11 is 5.68. The predicted molar refractivity (Wildman–Crippen MR) is 90.2 cm³/mol. The van der Waals surface area contributed by atoms with Gasteiger partial charge in [-0.1, -0.05) is 38.4 Å². The van der Waals surface area contributed by atoms with E-state index in [2.05, 4.69) is 21.6 Å². The number of carbonyl (C=O) groups excluding carboxylic acids is 1. The van der Waals surface area contributed by atoms with Crippen molar-refractivity contribution in [2.45, 2.75) is 45.8 Å². The van der Waals surface area contributed by atoms with E-state index in [0.29, 0.717) is 0 Å². The van der Waals surface area contributed by atoms with Crippen molar-refractivity contribution < 1.29 is 27.1 Å². The van der Waals surface area contributed by atoms with Crippen molar-refractivity contribution in [1.82, 2.24) is 5.32 Å². The van der Waals surface area contributed by atoms with Crippen LogP contribution in [0.25, 0.3) is 0 Å². The van der Waals surface area contributed by atoms with Gasteiger partial charge in [0.25, 0.3) is 0 Å². The fourth-order valence-electron chi connectivity index (χ4n) is 1.75. The molecule has 1 unspecified atom stereocenters. The SMILES string of the molecule is C=CC/C(=C(/Cl)NC(CF)=NC(CC(=O)OC)C(C)(C)C)C(F)(F)F. The monoisotopic (exact) mass is 386 g/mol. The van der Waals surface area contributed by atoms with Crippen LogP contribution in [0.4, 0.5) is 17.6 Å². The minimum absolute atomic E-state index is 0.148. The first-order chi connectivity index (χ1) is 11.4. The van der Waals surface area contributed by atoms with E-state index >= 15 is 0 Å². The van der Waals surface area contributed by atoms with E-state index in [9.17, 15) is 22.4 Å². The molecule has 0 bridgehead atoms. The fourth-order valence-corrected chi connectivity index (χ4v) is 2.04. The van der Waals surface area contributed by atoms with Crippen LogP contribution in [0.1, 0.15) is 33.6 Å². The standard InChI is InChI=1S/C16H23ClF4N2O2/c1-6-7-10(16(19,20)21)14(17)23-12(9-18)22-11(15(2,3)4)8-13(24)25-5/h6,11H,1,7-9H2,2-5H3,(H,22,23)/b14-10+. The Bertz CT molecular complexity index is 537. The van der Waals surface area contributed by atoms with Gasteiger partial charge < -0.3 is 10.1 Å². The zero-order valence-electron chi connectivity index (χ0n) is 14.6. The van der Waals surface area contributed by atoms with Gasteiger partial charge in [-0.2, -0.15) is 13.2 Å². The maximum Gasteiger partial charge on any atom is 0.415 e. The molecule has 0 fully saturated rings. The van der Waals surface area contributed by atoms with E-state index in [1.165, 1.54) is 7.11 Å². The number of hydrogen-bond acceptors (Lipinski definition) is 3. The summed E-state index contributed by atoms with van der Waals surface area (Å²) in [5, 5.41) is 1.37. The highest BCUT2D eigenvalue weighted by molar-refractivity contribution is 6.30. The lowest BCUT2D eigenvalue weighted by Gasteiger charge is -2.27. The Morgan fingerprint density at radius 1 is 1.36 bits per heavy atom. The largest absolute Gasteiger partial charge is 0.469 e. The fraction of sp³-hybridized carbons (Fsp3) is 0.625. The Morgan fingerprint density at radius 2 is 1.92 bits per heavy atom. The van der Waals surface area contributed by atoms with Crippen molar-refractivity contribution in [3.8, 4) is 0 Å². The number of ether oxygens (including phenoxy) is 1. The van der Waals surface area contributed by atoms with Gasteiger partial charge in [-0.15, -0.1) is 6.58 Å². The molecule has 0 aliphatic carbocycles. The van der Waals surface area contributed by atoms with Gasteiger partial charge in [0.15, 0.2) is 0 Å². The molecule has 0 aromatic carbocycles. The van der Waals surface area contributed by atoms with Crippen molar-refractivity contribution in [1.29, 1.82) is 0 Å². The van der Waals surface area contributed by atoms with Gasteiger partial charge in [0.2, 0.25) is 0 Å². The zero-order chi connectivity index (χ0) is 19.8. The smallest absolute Gasteiger partial charge is 0.415 e. The molecule has 1 atom stereocenters. The molecular formula is C16H23ClF4N2O2. The predicted octanol–water partition coefficient (Wildman–Crippen LogP) is 4.51. The number of hydrogen-bond donors (Lipinski definition) is 1. The average molecular weight is 387 g/mol. The molecule has 0 radical (unpaired) electrons. The molecule has 0 aromatic heterocycles. The first kappa shape index (κ1) is 23.4. The van der Waals surface area contributed by atoms with Gasteiger partial charge in [0, 0.05) is 0 Å². The van der Waals surface area contributed by atoms with Gasteiger partial charge in [-0.05, 0) is 11.8 Å². The lowest BCUT2D eigenvalue weighted by Crippen LogP contribution is -2.33. The molecule has 0 amide bonds. The summed E-state index contributed by atoms with van der Waals surface area (Å²) in [6, 6.07) is -0.712. The topological polar surface area (TPSA) is 50.7 Å². The van der Waals surface area contributed by atoms with Crippen LogP contribution in [0.5, 0.6) is 0 Å². The molecule has 0 saturated carbocycles. The molecule has 0 spiro atoms. The summed E-state index contributed by atoms with van der Waals surface area (Å²) in [7, 11) is 1.20. The minimum atomic E-state index is -4.70. The van der Waals surface area contributed by atoms with Gasteiger partial charge in [0.1, 0.15) is 17.7 Å². The van der Waals surface area contributed by atoms with Crippen LogP contribution < -0.4 is 5.32 Å². The summed E-state index contributed by atoms with van der Waals surface area (Å²) in [5.74, 6) is -0.967. The molecule has 25 heavy (non-hydrogen) atoms. The summed E-state index contributed by atoms with van der Waals surface area (Å²) in [4.78, 5) is 15.5. The van der Waals surface area contributed by atoms with Crippen LogP contribution in [-0.2, 0) is 9.53 Å². The van der Waals surface area contributed by atoms with Gasteiger partial charge in [-0.3, -0.25) is 9.79 Å². The maximum absolute atomic E-state index is 13.2. The minimum Gasteiger partial charge on any atom is -0.469 e. The molecule has 1 N–H and O–H groups in total. The summed E-state index contributed by atoms with van der Waals surface area (Å²) in [5.41, 5.74) is -1.65. The first-order valence-electron chi connectivity index (χ1n) is 7.40. The second kappa shape index (κ2) is 9.79. The number of aliphatic imine (C=N–C) groups is 1. The lowest BCUT2D eigenvalue weighted by atomic mass is 9.85. The summed E-state index contributed by atoms with van der Waals surface area (Å²) in [6.45, 7) is 7.35. The van der Waals surface area contributed by atoms with Gasteiger partial charge >= 0.3 is 12.1 Å². The number of rotatable bonds is 7. The van der Waals surface area contributed by atoms with Crippen LogP contribution in [0.15, 0.2) is 28.4 Å². The Hall–Kier alpha value is -1.57. The average Bonchev–Trinajstić information content (AvgIpc) is 2.48. The second-order valence-electron chi connectivity index (χ2n) is 6.28. The Kier molecular flexibility index (Phi) is 9.18. The quantitative estimate of drug-likeness (QED) is 0.175. The molecule has 0 aromatic rings. The van der Waals surface area contributed by atoms with Crippen molar-refractivity contribution >= 4 is 23.4 Å². The van der Waals surface area contributed by atoms with Crippen molar-refractivity contribution in [2.75, 3.05) is 13.8 Å². The van der Waals surface area contributed by atoms with E-state index < -0.39 is 53.3 Å². The lowest BCUT2D eigenvalue weighted by molar-refractivity contribution is -0.141. The van der Waals surface area contributed by atoms with Crippen LogP contribution in [0, 0.1) is 5.41 Å². The van der Waals surface area contributed by atoms with Gasteiger partial charge in [0.05, 0.1) is 25.1 Å². The number of halogens is 5. The molecule has 0 rings (SSSR count).